The molecule has 0 N–H and O–H groups in total. The van der Waals surface area contributed by atoms with Crippen molar-refractivity contribution in [2.24, 2.45) is 0 Å². The Hall–Kier alpha value is -6.90. The van der Waals surface area contributed by atoms with E-state index in [0.717, 1.165) is 44.6 Å². The molecule has 0 spiro atoms. The Bertz CT molecular complexity index is 3120. The summed E-state index contributed by atoms with van der Waals surface area (Å²) in [5, 5.41) is 11.9. The lowest BCUT2D eigenvalue weighted by atomic mass is 9.85. The van der Waals surface area contributed by atoms with E-state index in [1.54, 1.807) is 0 Å². The molecule has 0 amide bonds. The molecule has 11 rings (SSSR count). The molecule has 53 heavy (non-hydrogen) atoms. The molecule has 0 radical (unpaired) electrons. The van der Waals surface area contributed by atoms with Crippen LogP contribution in [0.3, 0.4) is 0 Å². The van der Waals surface area contributed by atoms with Gasteiger partial charge < -0.3 is 8.83 Å². The van der Waals surface area contributed by atoms with Crippen molar-refractivity contribution in [1.29, 1.82) is 0 Å². The lowest BCUT2D eigenvalue weighted by molar-refractivity contribution is 0.549. The number of hydrogen-bond donors (Lipinski definition) is 0. The first-order chi connectivity index (χ1) is 26.2. The number of rotatable bonds is 4. The molecule has 0 aliphatic rings. The topological polar surface area (TPSA) is 26.3 Å². The van der Waals surface area contributed by atoms with Crippen LogP contribution in [0.2, 0.25) is 0 Å². The largest absolute Gasteiger partial charge is 0.461 e. The van der Waals surface area contributed by atoms with Crippen LogP contribution in [0.25, 0.3) is 110 Å². The first-order valence-electron chi connectivity index (χ1n) is 18.2. The third kappa shape index (κ3) is 4.46. The van der Waals surface area contributed by atoms with Gasteiger partial charge in [0.1, 0.15) is 22.7 Å². The SMILES string of the molecule is Cc1ccc(-c2c3ccccc3c(-c3ccc4c(c3)oc3cccc(-c5c6ccccc6c(-c6ccccc6)c6ccccc56)c34)c3ccccc23)o1. The Morgan fingerprint density at radius 1 is 0.321 bits per heavy atom. The van der Waals surface area contributed by atoms with E-state index in [4.69, 9.17) is 8.83 Å². The highest BCUT2D eigenvalue weighted by molar-refractivity contribution is 6.26. The highest BCUT2D eigenvalue weighted by Crippen LogP contribution is 2.48. The van der Waals surface area contributed by atoms with Crippen molar-refractivity contribution in [3.8, 4) is 44.7 Å². The fraction of sp³-hybridized carbons (Fsp3) is 0.0196. The van der Waals surface area contributed by atoms with Crippen LogP contribution >= 0.6 is 0 Å². The Morgan fingerprint density at radius 3 is 1.38 bits per heavy atom. The second-order valence-electron chi connectivity index (χ2n) is 14.0. The number of furan rings is 2. The van der Waals surface area contributed by atoms with Gasteiger partial charge in [0.25, 0.3) is 0 Å². The number of aryl methyl sites for hydroxylation is 1. The predicted octanol–water partition coefficient (Wildman–Crippen LogP) is 14.8. The Labute approximate surface area is 306 Å². The van der Waals surface area contributed by atoms with E-state index >= 15 is 0 Å². The minimum atomic E-state index is 0.873. The Kier molecular flexibility index (Phi) is 6.50. The average Bonchev–Trinajstić information content (AvgIpc) is 3.82. The van der Waals surface area contributed by atoms with E-state index < -0.39 is 0 Å². The maximum Gasteiger partial charge on any atom is 0.136 e. The third-order valence-corrected chi connectivity index (χ3v) is 11.0. The Balaban J connectivity index is 1.18. The summed E-state index contributed by atoms with van der Waals surface area (Å²) in [6, 6.07) is 63.2. The summed E-state index contributed by atoms with van der Waals surface area (Å²) in [6.45, 7) is 2.00. The van der Waals surface area contributed by atoms with Gasteiger partial charge in [-0.25, -0.2) is 0 Å². The van der Waals surface area contributed by atoms with Crippen LogP contribution in [0.5, 0.6) is 0 Å². The smallest absolute Gasteiger partial charge is 0.136 e. The van der Waals surface area contributed by atoms with Gasteiger partial charge in [0.05, 0.1) is 0 Å². The molecule has 9 aromatic carbocycles. The molecule has 0 fully saturated rings. The normalized spacial score (nSPS) is 11.9. The number of hydrogen-bond acceptors (Lipinski definition) is 2. The molecule has 2 aromatic heterocycles. The third-order valence-electron chi connectivity index (χ3n) is 11.0. The first kappa shape index (κ1) is 29.8. The van der Waals surface area contributed by atoms with Gasteiger partial charge in [0.2, 0.25) is 0 Å². The zero-order valence-electron chi connectivity index (χ0n) is 29.1. The molecular weight excluding hydrogens is 645 g/mol. The van der Waals surface area contributed by atoms with Crippen LogP contribution in [0.4, 0.5) is 0 Å². The standard InChI is InChI=1S/C51H32O2/c1-31-26-29-45(52-31)50-40-22-11-7-18-36(40)48(37-19-8-12-23-41(37)50)33-27-28-42-46(30-33)53-44-25-13-24-43(51(42)44)49-38-20-9-5-16-34(38)47(32-14-3-2-4-15-32)35-17-6-10-21-39(35)49/h2-30H,1H3. The summed E-state index contributed by atoms with van der Waals surface area (Å²) in [4.78, 5) is 0. The molecule has 0 aliphatic carbocycles. The summed E-state index contributed by atoms with van der Waals surface area (Å²) in [5.41, 5.74) is 10.1. The van der Waals surface area contributed by atoms with Gasteiger partial charge in [-0.3, -0.25) is 0 Å². The average molecular weight is 677 g/mol. The van der Waals surface area contributed by atoms with Gasteiger partial charge in [-0.2, -0.15) is 0 Å². The maximum atomic E-state index is 6.80. The van der Waals surface area contributed by atoms with Gasteiger partial charge in [0.15, 0.2) is 0 Å². The molecular formula is C51H32O2. The van der Waals surface area contributed by atoms with E-state index in [1.807, 2.05) is 13.0 Å². The quantitative estimate of drug-likeness (QED) is 0.173. The van der Waals surface area contributed by atoms with E-state index in [1.165, 1.54) is 70.9 Å². The lowest BCUT2D eigenvalue weighted by Gasteiger charge is -2.18. The zero-order valence-corrected chi connectivity index (χ0v) is 29.1. The molecule has 0 unspecified atom stereocenters. The summed E-state index contributed by atoms with van der Waals surface area (Å²) >= 11 is 0. The highest BCUT2D eigenvalue weighted by atomic mass is 16.3. The van der Waals surface area contributed by atoms with Crippen molar-refractivity contribution >= 4 is 65.0 Å². The van der Waals surface area contributed by atoms with Crippen LogP contribution < -0.4 is 0 Å². The second-order valence-corrected chi connectivity index (χ2v) is 14.0. The second kappa shape index (κ2) is 11.6. The van der Waals surface area contributed by atoms with Crippen molar-refractivity contribution in [3.63, 3.8) is 0 Å². The van der Waals surface area contributed by atoms with Crippen LogP contribution in [-0.2, 0) is 0 Å². The van der Waals surface area contributed by atoms with E-state index in [9.17, 15) is 0 Å². The molecule has 2 nitrogen and oxygen atoms in total. The molecule has 0 saturated heterocycles. The van der Waals surface area contributed by atoms with Crippen molar-refractivity contribution in [2.75, 3.05) is 0 Å². The fourth-order valence-corrected chi connectivity index (χ4v) is 8.80. The molecule has 0 atom stereocenters. The van der Waals surface area contributed by atoms with E-state index in [2.05, 4.69) is 170 Å². The molecule has 2 heteroatoms. The summed E-state index contributed by atoms with van der Waals surface area (Å²) in [5.74, 6) is 1.79. The minimum Gasteiger partial charge on any atom is -0.461 e. The van der Waals surface area contributed by atoms with E-state index in [-0.39, 0.29) is 0 Å². The molecule has 0 bridgehead atoms. The lowest BCUT2D eigenvalue weighted by Crippen LogP contribution is -1.91. The summed E-state index contributed by atoms with van der Waals surface area (Å²) in [7, 11) is 0. The summed E-state index contributed by atoms with van der Waals surface area (Å²) in [6.07, 6.45) is 0. The van der Waals surface area contributed by atoms with Crippen molar-refractivity contribution in [3.05, 3.63) is 182 Å². The molecule has 0 aliphatic heterocycles. The molecule has 248 valence electrons. The van der Waals surface area contributed by atoms with Crippen molar-refractivity contribution in [2.45, 2.75) is 6.92 Å². The van der Waals surface area contributed by atoms with Crippen molar-refractivity contribution in [1.82, 2.24) is 0 Å². The van der Waals surface area contributed by atoms with Crippen molar-refractivity contribution < 1.29 is 8.83 Å². The summed E-state index contributed by atoms with van der Waals surface area (Å²) < 4.78 is 13.0. The van der Waals surface area contributed by atoms with Crippen LogP contribution in [0, 0.1) is 6.92 Å². The predicted molar refractivity (Wildman–Crippen MR) is 222 cm³/mol. The fourth-order valence-electron chi connectivity index (χ4n) is 8.80. The Morgan fingerprint density at radius 2 is 0.830 bits per heavy atom. The minimum absolute atomic E-state index is 0.873. The molecule has 2 heterocycles. The first-order valence-corrected chi connectivity index (χ1v) is 18.2. The van der Waals surface area contributed by atoms with Crippen LogP contribution in [-0.4, -0.2) is 0 Å². The monoisotopic (exact) mass is 676 g/mol. The van der Waals surface area contributed by atoms with Gasteiger partial charge in [-0.05, 0) is 114 Å². The molecule has 0 saturated carbocycles. The van der Waals surface area contributed by atoms with Gasteiger partial charge in [-0.15, -0.1) is 0 Å². The zero-order chi connectivity index (χ0) is 35.0. The highest BCUT2D eigenvalue weighted by Gasteiger charge is 2.22. The molecule has 11 aromatic rings. The van der Waals surface area contributed by atoms with Gasteiger partial charge in [0, 0.05) is 16.3 Å². The van der Waals surface area contributed by atoms with Gasteiger partial charge >= 0.3 is 0 Å². The van der Waals surface area contributed by atoms with Gasteiger partial charge in [-0.1, -0.05) is 146 Å². The number of fused-ring (bicyclic) bond motifs is 7. The number of benzene rings is 9. The van der Waals surface area contributed by atoms with Crippen LogP contribution in [0.1, 0.15) is 5.76 Å². The van der Waals surface area contributed by atoms with Crippen LogP contribution in [0.15, 0.2) is 185 Å². The van der Waals surface area contributed by atoms with E-state index in [0.29, 0.717) is 0 Å². The maximum absolute atomic E-state index is 6.80.